The highest BCUT2D eigenvalue weighted by Crippen LogP contribution is 2.22. The standard InChI is InChI=1S/C23H24N2O2S/c26-28(27,23-13-12-21-10-4-5-11-22(21)19-23)25-17-15-24(16-18-25)14-6-9-20-7-2-1-3-8-20/h1-13,19H,14-18H2/b9-6+. The molecule has 0 radical (unpaired) electrons. The van der Waals surface area contributed by atoms with Crippen molar-refractivity contribution < 1.29 is 8.42 Å². The van der Waals surface area contributed by atoms with Crippen molar-refractivity contribution in [1.82, 2.24) is 9.21 Å². The van der Waals surface area contributed by atoms with Crippen LogP contribution < -0.4 is 0 Å². The minimum Gasteiger partial charge on any atom is -0.297 e. The maximum Gasteiger partial charge on any atom is 0.243 e. The third-order valence-corrected chi connectivity index (χ3v) is 7.06. The van der Waals surface area contributed by atoms with E-state index in [2.05, 4.69) is 29.2 Å². The molecule has 4 rings (SSSR count). The van der Waals surface area contributed by atoms with Gasteiger partial charge >= 0.3 is 0 Å². The lowest BCUT2D eigenvalue weighted by atomic mass is 10.1. The molecule has 0 spiro atoms. The second-order valence-corrected chi connectivity index (χ2v) is 8.96. The Morgan fingerprint density at radius 1 is 0.786 bits per heavy atom. The van der Waals surface area contributed by atoms with Gasteiger partial charge in [0.25, 0.3) is 0 Å². The van der Waals surface area contributed by atoms with Crippen LogP contribution in [-0.4, -0.2) is 50.3 Å². The molecule has 0 bridgehead atoms. The van der Waals surface area contributed by atoms with E-state index in [0.717, 1.165) is 30.4 Å². The number of fused-ring (bicyclic) bond motifs is 1. The first-order chi connectivity index (χ1) is 13.6. The molecule has 1 heterocycles. The average Bonchev–Trinajstić information content (AvgIpc) is 2.74. The second-order valence-electron chi connectivity index (χ2n) is 7.03. The average molecular weight is 393 g/mol. The second kappa shape index (κ2) is 8.27. The van der Waals surface area contributed by atoms with E-state index in [1.165, 1.54) is 5.56 Å². The first-order valence-corrected chi connectivity index (χ1v) is 11.0. The molecule has 0 atom stereocenters. The molecular weight excluding hydrogens is 368 g/mol. The highest BCUT2D eigenvalue weighted by atomic mass is 32.2. The number of piperazine rings is 1. The van der Waals surface area contributed by atoms with Crippen molar-refractivity contribution in [3.05, 3.63) is 84.4 Å². The number of rotatable bonds is 5. The normalized spacial score (nSPS) is 16.7. The molecule has 3 aromatic carbocycles. The Morgan fingerprint density at radius 3 is 2.21 bits per heavy atom. The predicted octanol–water partition coefficient (Wildman–Crippen LogP) is 3.86. The highest BCUT2D eigenvalue weighted by Gasteiger charge is 2.28. The van der Waals surface area contributed by atoms with Gasteiger partial charge in [0.15, 0.2) is 0 Å². The van der Waals surface area contributed by atoms with Crippen LogP contribution in [0.4, 0.5) is 0 Å². The van der Waals surface area contributed by atoms with E-state index < -0.39 is 10.0 Å². The van der Waals surface area contributed by atoms with Crippen LogP contribution in [0.5, 0.6) is 0 Å². The molecule has 0 unspecified atom stereocenters. The van der Waals surface area contributed by atoms with Crippen molar-refractivity contribution in [2.24, 2.45) is 0 Å². The largest absolute Gasteiger partial charge is 0.297 e. The topological polar surface area (TPSA) is 40.6 Å². The zero-order valence-electron chi connectivity index (χ0n) is 15.7. The molecule has 0 amide bonds. The monoisotopic (exact) mass is 392 g/mol. The van der Waals surface area contributed by atoms with Gasteiger partial charge in [-0.15, -0.1) is 0 Å². The molecule has 1 fully saturated rings. The van der Waals surface area contributed by atoms with E-state index in [9.17, 15) is 8.42 Å². The number of hydrogen-bond acceptors (Lipinski definition) is 3. The fraction of sp³-hybridized carbons (Fsp3) is 0.217. The molecule has 0 N–H and O–H groups in total. The molecule has 4 nitrogen and oxygen atoms in total. The summed E-state index contributed by atoms with van der Waals surface area (Å²) < 4.78 is 27.7. The van der Waals surface area contributed by atoms with Gasteiger partial charge in [0.05, 0.1) is 4.90 Å². The van der Waals surface area contributed by atoms with E-state index in [1.54, 1.807) is 16.4 Å². The van der Waals surface area contributed by atoms with Crippen LogP contribution in [0.3, 0.4) is 0 Å². The van der Waals surface area contributed by atoms with Crippen LogP contribution in [0.25, 0.3) is 16.8 Å². The summed E-state index contributed by atoms with van der Waals surface area (Å²) in [5.41, 5.74) is 1.18. The van der Waals surface area contributed by atoms with Crippen molar-refractivity contribution in [3.63, 3.8) is 0 Å². The maximum atomic E-state index is 13.0. The lowest BCUT2D eigenvalue weighted by Crippen LogP contribution is -2.48. The minimum absolute atomic E-state index is 0.378. The Kier molecular flexibility index (Phi) is 5.57. The van der Waals surface area contributed by atoms with Crippen molar-refractivity contribution in [3.8, 4) is 0 Å². The molecule has 144 valence electrons. The molecule has 0 aromatic heterocycles. The van der Waals surface area contributed by atoms with E-state index in [4.69, 9.17) is 0 Å². The SMILES string of the molecule is O=S(=O)(c1ccc2ccccc2c1)N1CCN(C/C=C/c2ccccc2)CC1. The number of sulfonamides is 1. The van der Waals surface area contributed by atoms with Crippen molar-refractivity contribution in [2.45, 2.75) is 4.90 Å². The predicted molar refractivity (Wildman–Crippen MR) is 115 cm³/mol. The van der Waals surface area contributed by atoms with Crippen molar-refractivity contribution in [1.29, 1.82) is 0 Å². The summed E-state index contributed by atoms with van der Waals surface area (Å²) in [7, 11) is -3.45. The third-order valence-electron chi connectivity index (χ3n) is 5.16. The molecule has 3 aromatic rings. The fourth-order valence-electron chi connectivity index (χ4n) is 3.53. The Bertz CT molecular complexity index is 1070. The Morgan fingerprint density at radius 2 is 1.46 bits per heavy atom. The Labute approximate surface area is 166 Å². The van der Waals surface area contributed by atoms with Gasteiger partial charge in [-0.25, -0.2) is 8.42 Å². The first kappa shape index (κ1) is 18.9. The van der Waals surface area contributed by atoms with Gasteiger partial charge < -0.3 is 0 Å². The summed E-state index contributed by atoms with van der Waals surface area (Å²) in [4.78, 5) is 2.66. The van der Waals surface area contributed by atoms with Crippen molar-refractivity contribution in [2.75, 3.05) is 32.7 Å². The summed E-state index contributed by atoms with van der Waals surface area (Å²) in [6.07, 6.45) is 4.25. The van der Waals surface area contributed by atoms with Gasteiger partial charge in [-0.2, -0.15) is 4.31 Å². The van der Waals surface area contributed by atoms with E-state index in [-0.39, 0.29) is 0 Å². The van der Waals surface area contributed by atoms with E-state index in [0.29, 0.717) is 18.0 Å². The van der Waals surface area contributed by atoms with Crippen LogP contribution in [0.2, 0.25) is 0 Å². The van der Waals surface area contributed by atoms with Gasteiger partial charge in [0.2, 0.25) is 10.0 Å². The van der Waals surface area contributed by atoms with E-state index >= 15 is 0 Å². The Hall–Kier alpha value is -2.47. The van der Waals surface area contributed by atoms with Crippen molar-refractivity contribution >= 4 is 26.9 Å². The van der Waals surface area contributed by atoms with Crippen LogP contribution in [0, 0.1) is 0 Å². The lowest BCUT2D eigenvalue weighted by molar-refractivity contribution is 0.204. The van der Waals surface area contributed by atoms with Crippen LogP contribution in [-0.2, 0) is 10.0 Å². The Balaban J connectivity index is 1.38. The summed E-state index contributed by atoms with van der Waals surface area (Å²) in [5, 5.41) is 2.00. The first-order valence-electron chi connectivity index (χ1n) is 9.56. The summed E-state index contributed by atoms with van der Waals surface area (Å²) in [6.45, 7) is 3.36. The zero-order valence-corrected chi connectivity index (χ0v) is 16.6. The third kappa shape index (κ3) is 4.17. The molecular formula is C23H24N2O2S. The molecule has 0 saturated carbocycles. The smallest absolute Gasteiger partial charge is 0.243 e. The minimum atomic E-state index is -3.45. The number of benzene rings is 3. The number of nitrogens with zero attached hydrogens (tertiary/aromatic N) is 2. The molecule has 5 heteroatoms. The van der Waals surface area contributed by atoms with Crippen LogP contribution >= 0.6 is 0 Å². The molecule has 1 aliphatic rings. The summed E-state index contributed by atoms with van der Waals surface area (Å²) >= 11 is 0. The lowest BCUT2D eigenvalue weighted by Gasteiger charge is -2.33. The quantitative estimate of drug-likeness (QED) is 0.662. The molecule has 1 saturated heterocycles. The van der Waals surface area contributed by atoms with Gasteiger partial charge in [0, 0.05) is 32.7 Å². The van der Waals surface area contributed by atoms with Crippen LogP contribution in [0.15, 0.2) is 83.8 Å². The van der Waals surface area contributed by atoms with Gasteiger partial charge in [-0.3, -0.25) is 4.90 Å². The fourth-order valence-corrected chi connectivity index (χ4v) is 4.99. The van der Waals surface area contributed by atoms with Gasteiger partial charge in [-0.1, -0.05) is 72.8 Å². The van der Waals surface area contributed by atoms with Gasteiger partial charge in [-0.05, 0) is 28.5 Å². The number of hydrogen-bond donors (Lipinski definition) is 0. The van der Waals surface area contributed by atoms with Gasteiger partial charge in [0.1, 0.15) is 0 Å². The highest BCUT2D eigenvalue weighted by molar-refractivity contribution is 7.89. The molecule has 28 heavy (non-hydrogen) atoms. The van der Waals surface area contributed by atoms with Crippen LogP contribution in [0.1, 0.15) is 5.56 Å². The van der Waals surface area contributed by atoms with E-state index in [1.807, 2.05) is 48.5 Å². The molecule has 1 aliphatic heterocycles. The summed E-state index contributed by atoms with van der Waals surface area (Å²) in [6, 6.07) is 23.4. The molecule has 0 aliphatic carbocycles. The zero-order chi connectivity index (χ0) is 19.4. The maximum absolute atomic E-state index is 13.0. The summed E-state index contributed by atoms with van der Waals surface area (Å²) in [5.74, 6) is 0.